The van der Waals surface area contributed by atoms with Crippen LogP contribution in [0.5, 0.6) is 0 Å². The van der Waals surface area contributed by atoms with Gasteiger partial charge in [-0.3, -0.25) is 9.89 Å². The lowest BCUT2D eigenvalue weighted by atomic mass is 10.1. The van der Waals surface area contributed by atoms with Crippen LogP contribution in [0.2, 0.25) is 5.02 Å². The standard InChI is InChI=1S/C17H30ClN5O2S.HI/c1-4-20-17(21-11-12-26(19,24)25)22-13-16(23(5-2)6-3)14-9-7-8-10-15(14)18;/h7-10,16H,4-6,11-13H2,1-3H3,(H2,19,24,25)(H2,20,21,22);1H. The summed E-state index contributed by atoms with van der Waals surface area (Å²) in [5.74, 6) is 0.405. The van der Waals surface area contributed by atoms with E-state index in [9.17, 15) is 8.42 Å². The second kappa shape index (κ2) is 13.5. The molecule has 0 bridgehead atoms. The summed E-state index contributed by atoms with van der Waals surface area (Å²) in [6.07, 6.45) is 0. The SMILES string of the molecule is CCNC(=NCC(c1ccccc1Cl)N(CC)CC)NCCS(N)(=O)=O.I. The third-order valence-corrected chi connectivity index (χ3v) is 5.08. The van der Waals surface area contributed by atoms with Crippen LogP contribution in [0.4, 0.5) is 0 Å². The van der Waals surface area contributed by atoms with Crippen LogP contribution in [0.15, 0.2) is 29.3 Å². The minimum atomic E-state index is -3.51. The predicted molar refractivity (Wildman–Crippen MR) is 124 cm³/mol. The van der Waals surface area contributed by atoms with Gasteiger partial charge in [-0.2, -0.15) is 0 Å². The van der Waals surface area contributed by atoms with E-state index in [1.165, 1.54) is 0 Å². The summed E-state index contributed by atoms with van der Waals surface area (Å²) in [5, 5.41) is 11.9. The van der Waals surface area contributed by atoms with Gasteiger partial charge in [0.15, 0.2) is 5.96 Å². The summed E-state index contributed by atoms with van der Waals surface area (Å²) in [6, 6.07) is 7.81. The van der Waals surface area contributed by atoms with Crippen molar-refractivity contribution in [1.82, 2.24) is 15.5 Å². The Bertz CT molecular complexity index is 684. The average Bonchev–Trinajstić information content (AvgIpc) is 2.58. The van der Waals surface area contributed by atoms with Crippen LogP contribution in [0.25, 0.3) is 0 Å². The molecule has 1 rings (SSSR count). The second-order valence-corrected chi connectivity index (χ2v) is 7.91. The fraction of sp³-hybridized carbons (Fsp3) is 0.588. The van der Waals surface area contributed by atoms with Gasteiger partial charge in [0.1, 0.15) is 0 Å². The van der Waals surface area contributed by atoms with Gasteiger partial charge in [0, 0.05) is 18.1 Å². The molecule has 0 aromatic heterocycles. The van der Waals surface area contributed by atoms with Crippen molar-refractivity contribution < 1.29 is 8.42 Å². The molecule has 4 N–H and O–H groups in total. The first-order valence-corrected chi connectivity index (χ1v) is 10.9. The van der Waals surface area contributed by atoms with Crippen LogP contribution in [0, 0.1) is 0 Å². The smallest absolute Gasteiger partial charge is 0.210 e. The number of nitrogens with one attached hydrogen (secondary N) is 2. The lowest BCUT2D eigenvalue weighted by Gasteiger charge is -2.29. The number of hydrogen-bond donors (Lipinski definition) is 3. The van der Waals surface area contributed by atoms with Crippen molar-refractivity contribution >= 4 is 51.6 Å². The first-order chi connectivity index (χ1) is 12.3. The quantitative estimate of drug-likeness (QED) is 0.244. The van der Waals surface area contributed by atoms with E-state index in [0.29, 0.717) is 24.1 Å². The van der Waals surface area contributed by atoms with Crippen LogP contribution < -0.4 is 15.8 Å². The Balaban J connectivity index is 0.00000676. The van der Waals surface area contributed by atoms with E-state index >= 15 is 0 Å². The summed E-state index contributed by atoms with van der Waals surface area (Å²) < 4.78 is 22.2. The third-order valence-electron chi connectivity index (χ3n) is 3.96. The molecule has 0 saturated heterocycles. The van der Waals surface area contributed by atoms with Gasteiger partial charge in [-0.1, -0.05) is 43.6 Å². The molecule has 7 nitrogen and oxygen atoms in total. The van der Waals surface area contributed by atoms with E-state index < -0.39 is 10.0 Å². The zero-order chi connectivity index (χ0) is 19.6. The fourth-order valence-electron chi connectivity index (χ4n) is 2.65. The van der Waals surface area contributed by atoms with Crippen molar-refractivity contribution in [3.8, 4) is 0 Å². The Morgan fingerprint density at radius 2 is 1.85 bits per heavy atom. The zero-order valence-electron chi connectivity index (χ0n) is 16.1. The molecule has 0 radical (unpaired) electrons. The van der Waals surface area contributed by atoms with Crippen molar-refractivity contribution in [3.05, 3.63) is 34.9 Å². The first kappa shape index (κ1) is 26.4. The maximum absolute atomic E-state index is 11.1. The molecule has 0 aliphatic heterocycles. The molecule has 0 spiro atoms. The number of nitrogens with two attached hydrogens (primary N) is 1. The van der Waals surface area contributed by atoms with Gasteiger partial charge in [-0.05, 0) is 31.6 Å². The molecule has 156 valence electrons. The van der Waals surface area contributed by atoms with Gasteiger partial charge in [-0.25, -0.2) is 13.6 Å². The Labute approximate surface area is 185 Å². The molecule has 27 heavy (non-hydrogen) atoms. The van der Waals surface area contributed by atoms with E-state index in [-0.39, 0.29) is 42.3 Å². The highest BCUT2D eigenvalue weighted by molar-refractivity contribution is 14.0. The number of sulfonamides is 1. The number of likely N-dealkylation sites (N-methyl/N-ethyl adjacent to an activating group) is 1. The Hall–Kier alpha value is -0.620. The number of nitrogens with zero attached hydrogens (tertiary/aromatic N) is 2. The topological polar surface area (TPSA) is 99.8 Å². The van der Waals surface area contributed by atoms with Crippen LogP contribution >= 0.6 is 35.6 Å². The Morgan fingerprint density at radius 1 is 1.22 bits per heavy atom. The first-order valence-electron chi connectivity index (χ1n) is 8.83. The lowest BCUT2D eigenvalue weighted by Crippen LogP contribution is -2.41. The largest absolute Gasteiger partial charge is 0.357 e. The summed E-state index contributed by atoms with van der Waals surface area (Å²) in [4.78, 5) is 6.92. The van der Waals surface area contributed by atoms with Crippen molar-refractivity contribution in [2.24, 2.45) is 10.1 Å². The van der Waals surface area contributed by atoms with Crippen LogP contribution in [-0.4, -0.2) is 57.8 Å². The van der Waals surface area contributed by atoms with Gasteiger partial charge >= 0.3 is 0 Å². The summed E-state index contributed by atoms with van der Waals surface area (Å²) in [7, 11) is -3.51. The minimum absolute atomic E-state index is 0. The molecular weight excluding hydrogens is 501 g/mol. The van der Waals surface area contributed by atoms with Gasteiger partial charge in [0.25, 0.3) is 0 Å². The van der Waals surface area contributed by atoms with E-state index in [2.05, 4.69) is 34.4 Å². The molecule has 0 aliphatic carbocycles. The Kier molecular flexibility index (Phi) is 13.2. The van der Waals surface area contributed by atoms with Gasteiger partial charge in [0.05, 0.1) is 18.3 Å². The minimum Gasteiger partial charge on any atom is -0.357 e. The summed E-state index contributed by atoms with van der Waals surface area (Å²) >= 11 is 6.40. The number of primary sulfonamides is 1. The van der Waals surface area contributed by atoms with Crippen LogP contribution in [-0.2, 0) is 10.0 Å². The maximum Gasteiger partial charge on any atom is 0.210 e. The van der Waals surface area contributed by atoms with E-state index in [4.69, 9.17) is 16.7 Å². The lowest BCUT2D eigenvalue weighted by molar-refractivity contribution is 0.224. The monoisotopic (exact) mass is 531 g/mol. The van der Waals surface area contributed by atoms with Crippen molar-refractivity contribution in [2.75, 3.05) is 38.5 Å². The van der Waals surface area contributed by atoms with Gasteiger partial charge in [0.2, 0.25) is 10.0 Å². The molecule has 0 saturated carbocycles. The number of guanidine groups is 1. The van der Waals surface area contributed by atoms with Gasteiger partial charge < -0.3 is 10.6 Å². The highest BCUT2D eigenvalue weighted by Crippen LogP contribution is 2.27. The van der Waals surface area contributed by atoms with E-state index in [0.717, 1.165) is 18.7 Å². The Morgan fingerprint density at radius 3 is 2.37 bits per heavy atom. The van der Waals surface area contributed by atoms with Crippen molar-refractivity contribution in [1.29, 1.82) is 0 Å². The zero-order valence-corrected chi connectivity index (χ0v) is 20.0. The molecule has 0 fully saturated rings. The number of rotatable bonds is 10. The summed E-state index contributed by atoms with van der Waals surface area (Å²) in [5.41, 5.74) is 1.03. The summed E-state index contributed by atoms with van der Waals surface area (Å²) in [6.45, 7) is 9.27. The van der Waals surface area contributed by atoms with Gasteiger partial charge in [-0.15, -0.1) is 24.0 Å². The molecule has 1 atom stereocenters. The molecule has 0 amide bonds. The number of halogens is 2. The highest BCUT2D eigenvalue weighted by atomic mass is 127. The van der Waals surface area contributed by atoms with Crippen molar-refractivity contribution in [2.45, 2.75) is 26.8 Å². The maximum atomic E-state index is 11.1. The molecule has 1 unspecified atom stereocenters. The molecule has 1 aromatic rings. The molecular formula is C17H31ClIN5O2S. The predicted octanol–water partition coefficient (Wildman–Crippen LogP) is 2.18. The molecule has 0 heterocycles. The van der Waals surface area contributed by atoms with E-state index in [1.807, 2.05) is 31.2 Å². The normalized spacial score (nSPS) is 13.2. The van der Waals surface area contributed by atoms with E-state index in [1.54, 1.807) is 0 Å². The highest BCUT2D eigenvalue weighted by Gasteiger charge is 2.20. The molecule has 10 heteroatoms. The number of hydrogen-bond acceptors (Lipinski definition) is 4. The molecule has 0 aliphatic rings. The second-order valence-electron chi connectivity index (χ2n) is 5.77. The fourth-order valence-corrected chi connectivity index (χ4v) is 3.30. The average molecular weight is 532 g/mol. The number of benzene rings is 1. The van der Waals surface area contributed by atoms with Crippen LogP contribution in [0.1, 0.15) is 32.4 Å². The van der Waals surface area contributed by atoms with Crippen LogP contribution in [0.3, 0.4) is 0 Å². The third kappa shape index (κ3) is 9.93. The number of aliphatic imine (C=N–C) groups is 1. The van der Waals surface area contributed by atoms with Crippen molar-refractivity contribution in [3.63, 3.8) is 0 Å². The molecule has 1 aromatic carbocycles.